The minimum atomic E-state index is -1.01. The lowest BCUT2D eigenvalue weighted by Gasteiger charge is -2.25. The van der Waals surface area contributed by atoms with Gasteiger partial charge in [-0.25, -0.2) is 4.79 Å². The molecule has 1 saturated heterocycles. The van der Waals surface area contributed by atoms with Crippen molar-refractivity contribution in [3.63, 3.8) is 0 Å². The van der Waals surface area contributed by atoms with E-state index in [-0.39, 0.29) is 12.5 Å². The number of hydrogen-bond acceptors (Lipinski definition) is 4. The van der Waals surface area contributed by atoms with Crippen LogP contribution in [-0.2, 0) is 4.79 Å². The molecule has 1 unspecified atom stereocenters. The van der Waals surface area contributed by atoms with Crippen molar-refractivity contribution in [1.82, 2.24) is 4.90 Å². The first kappa shape index (κ1) is 17.7. The summed E-state index contributed by atoms with van der Waals surface area (Å²) in [4.78, 5) is 25.4. The highest BCUT2D eigenvalue weighted by Crippen LogP contribution is 2.28. The fourth-order valence-electron chi connectivity index (χ4n) is 3.07. The monoisotopic (exact) mass is 337 g/mol. The van der Waals surface area contributed by atoms with Gasteiger partial charge in [0, 0.05) is 23.9 Å². The lowest BCUT2D eigenvalue weighted by atomic mass is 10.0. The number of carboxylic acids is 1. The summed E-state index contributed by atoms with van der Waals surface area (Å²) in [6.07, 6.45) is 4.17. The van der Waals surface area contributed by atoms with Crippen molar-refractivity contribution < 1.29 is 19.4 Å². The summed E-state index contributed by atoms with van der Waals surface area (Å²) >= 11 is 1.76. The second kappa shape index (κ2) is 7.73. The molecule has 1 amide bonds. The van der Waals surface area contributed by atoms with Gasteiger partial charge in [0.05, 0.1) is 0 Å². The number of carbonyl (C=O) groups excluding carboxylic acids is 1. The molecule has 0 aliphatic carbocycles. The molecule has 1 heterocycles. The Balaban J connectivity index is 2.20. The number of aryl methyl sites for hydroxylation is 2. The lowest BCUT2D eigenvalue weighted by molar-refractivity contribution is -0.139. The van der Waals surface area contributed by atoms with E-state index in [2.05, 4.69) is 6.26 Å². The molecule has 6 heteroatoms. The van der Waals surface area contributed by atoms with Crippen LogP contribution in [0.25, 0.3) is 0 Å². The molecular weight excluding hydrogens is 314 g/mol. The van der Waals surface area contributed by atoms with Crippen molar-refractivity contribution in [2.24, 2.45) is 0 Å². The van der Waals surface area contributed by atoms with Crippen LogP contribution in [0.1, 0.15) is 34.3 Å². The molecule has 1 aromatic carbocycles. The van der Waals surface area contributed by atoms with Gasteiger partial charge >= 0.3 is 5.97 Å². The predicted octanol–water partition coefficient (Wildman–Crippen LogP) is 2.73. The molecule has 0 bridgehead atoms. The fourth-order valence-corrected chi connectivity index (χ4v) is 3.80. The predicted molar refractivity (Wildman–Crippen MR) is 91.5 cm³/mol. The Morgan fingerprint density at radius 2 is 2.00 bits per heavy atom. The van der Waals surface area contributed by atoms with Crippen LogP contribution in [-0.4, -0.2) is 53.1 Å². The molecule has 0 saturated carbocycles. The SMILES string of the molecule is CSCC1CCCN1C(=O)c1cc(C)c(OCC(=O)O)c(C)c1. The third kappa shape index (κ3) is 4.19. The van der Waals surface area contributed by atoms with E-state index >= 15 is 0 Å². The summed E-state index contributed by atoms with van der Waals surface area (Å²) in [7, 11) is 0. The normalized spacial score (nSPS) is 17.3. The Morgan fingerprint density at radius 1 is 1.35 bits per heavy atom. The minimum Gasteiger partial charge on any atom is -0.481 e. The molecule has 1 atom stereocenters. The molecule has 1 aliphatic rings. The maximum absolute atomic E-state index is 12.8. The maximum atomic E-state index is 12.8. The van der Waals surface area contributed by atoms with E-state index in [9.17, 15) is 9.59 Å². The number of ether oxygens (including phenoxy) is 1. The second-order valence-electron chi connectivity index (χ2n) is 5.87. The van der Waals surface area contributed by atoms with Crippen molar-refractivity contribution in [2.45, 2.75) is 32.7 Å². The molecule has 1 N–H and O–H groups in total. The zero-order valence-corrected chi connectivity index (χ0v) is 14.6. The number of hydrogen-bond donors (Lipinski definition) is 1. The van der Waals surface area contributed by atoms with Crippen LogP contribution in [0.15, 0.2) is 12.1 Å². The zero-order valence-electron chi connectivity index (χ0n) is 13.8. The summed E-state index contributed by atoms with van der Waals surface area (Å²) in [6, 6.07) is 3.89. The van der Waals surface area contributed by atoms with Gasteiger partial charge in [0.1, 0.15) is 5.75 Å². The summed E-state index contributed by atoms with van der Waals surface area (Å²) in [5, 5.41) is 8.73. The Morgan fingerprint density at radius 3 is 2.57 bits per heavy atom. The summed E-state index contributed by atoms with van der Waals surface area (Å²) in [5.74, 6) is 0.549. The molecule has 1 fully saturated rings. The van der Waals surface area contributed by atoms with Crippen molar-refractivity contribution >= 4 is 23.6 Å². The zero-order chi connectivity index (χ0) is 17.0. The topological polar surface area (TPSA) is 66.8 Å². The molecule has 0 radical (unpaired) electrons. The standard InChI is InChI=1S/C17H23NO4S/c1-11-7-13(8-12(2)16(11)22-9-15(19)20)17(21)18-6-4-5-14(18)10-23-3/h7-8,14H,4-6,9-10H2,1-3H3,(H,19,20). The van der Waals surface area contributed by atoms with Crippen molar-refractivity contribution in [3.05, 3.63) is 28.8 Å². The van der Waals surface area contributed by atoms with Crippen LogP contribution in [0.2, 0.25) is 0 Å². The van der Waals surface area contributed by atoms with E-state index in [0.717, 1.165) is 36.3 Å². The molecule has 1 aromatic rings. The van der Waals surface area contributed by atoms with Gasteiger partial charge < -0.3 is 14.7 Å². The Kier molecular flexibility index (Phi) is 5.93. The van der Waals surface area contributed by atoms with Crippen LogP contribution in [0, 0.1) is 13.8 Å². The average Bonchev–Trinajstić information content (AvgIpc) is 2.93. The molecule has 0 spiro atoms. The van der Waals surface area contributed by atoms with Crippen molar-refractivity contribution in [3.8, 4) is 5.75 Å². The van der Waals surface area contributed by atoms with Gasteiger partial charge in [-0.05, 0) is 56.2 Å². The van der Waals surface area contributed by atoms with E-state index in [0.29, 0.717) is 17.4 Å². The smallest absolute Gasteiger partial charge is 0.341 e. The first-order chi connectivity index (χ1) is 10.9. The number of rotatable bonds is 6. The Bertz CT molecular complexity index is 579. The number of aliphatic carboxylic acids is 1. The third-order valence-corrected chi connectivity index (χ3v) is 4.76. The molecule has 5 nitrogen and oxygen atoms in total. The number of carbonyl (C=O) groups is 2. The van der Waals surface area contributed by atoms with Gasteiger partial charge in [-0.1, -0.05) is 0 Å². The highest BCUT2D eigenvalue weighted by Gasteiger charge is 2.29. The summed E-state index contributed by atoms with van der Waals surface area (Å²) in [5.41, 5.74) is 2.22. The first-order valence-electron chi connectivity index (χ1n) is 7.69. The second-order valence-corrected chi connectivity index (χ2v) is 6.78. The Labute approximate surface area is 141 Å². The van der Waals surface area contributed by atoms with Gasteiger partial charge in [0.2, 0.25) is 0 Å². The number of thioether (sulfide) groups is 1. The maximum Gasteiger partial charge on any atom is 0.341 e. The van der Waals surface area contributed by atoms with E-state index < -0.39 is 5.97 Å². The van der Waals surface area contributed by atoms with Crippen LogP contribution >= 0.6 is 11.8 Å². The number of amides is 1. The third-order valence-electron chi connectivity index (χ3n) is 4.04. The van der Waals surface area contributed by atoms with Crippen LogP contribution in [0.5, 0.6) is 5.75 Å². The van der Waals surface area contributed by atoms with Crippen LogP contribution < -0.4 is 4.74 Å². The summed E-state index contributed by atoms with van der Waals surface area (Å²) < 4.78 is 5.32. The fraction of sp³-hybridized carbons (Fsp3) is 0.529. The minimum absolute atomic E-state index is 0.0533. The van der Waals surface area contributed by atoms with E-state index in [1.807, 2.05) is 18.7 Å². The summed E-state index contributed by atoms with van der Waals surface area (Å²) in [6.45, 7) is 4.10. The number of nitrogens with zero attached hydrogens (tertiary/aromatic N) is 1. The van der Waals surface area contributed by atoms with Gasteiger partial charge in [-0.2, -0.15) is 11.8 Å². The highest BCUT2D eigenvalue weighted by molar-refractivity contribution is 7.98. The van der Waals surface area contributed by atoms with Gasteiger partial charge in [-0.3, -0.25) is 4.79 Å². The van der Waals surface area contributed by atoms with Gasteiger partial charge in [0.15, 0.2) is 6.61 Å². The highest BCUT2D eigenvalue weighted by atomic mass is 32.2. The van der Waals surface area contributed by atoms with Gasteiger partial charge in [0.25, 0.3) is 5.91 Å². The largest absolute Gasteiger partial charge is 0.481 e. The number of carboxylic acid groups (broad SMARTS) is 1. The lowest BCUT2D eigenvalue weighted by Crippen LogP contribution is -2.37. The molecule has 1 aliphatic heterocycles. The Hall–Kier alpha value is -1.69. The van der Waals surface area contributed by atoms with Crippen molar-refractivity contribution in [1.29, 1.82) is 0 Å². The van der Waals surface area contributed by atoms with Crippen LogP contribution in [0.4, 0.5) is 0 Å². The number of likely N-dealkylation sites (tertiary alicyclic amines) is 1. The average molecular weight is 337 g/mol. The van der Waals surface area contributed by atoms with E-state index in [1.54, 1.807) is 23.9 Å². The molecule has 2 rings (SSSR count). The molecule has 23 heavy (non-hydrogen) atoms. The molecular formula is C17H23NO4S. The first-order valence-corrected chi connectivity index (χ1v) is 9.09. The number of benzene rings is 1. The molecule has 0 aromatic heterocycles. The van der Waals surface area contributed by atoms with Gasteiger partial charge in [-0.15, -0.1) is 0 Å². The van der Waals surface area contributed by atoms with Crippen molar-refractivity contribution in [2.75, 3.05) is 25.2 Å². The van der Waals surface area contributed by atoms with Crippen LogP contribution in [0.3, 0.4) is 0 Å². The van der Waals surface area contributed by atoms with E-state index in [1.165, 1.54) is 0 Å². The quantitative estimate of drug-likeness (QED) is 0.864. The van der Waals surface area contributed by atoms with E-state index in [4.69, 9.17) is 9.84 Å². The molecule has 126 valence electrons.